The van der Waals surface area contributed by atoms with Crippen LogP contribution in [0.1, 0.15) is 29.5 Å². The van der Waals surface area contributed by atoms with Crippen LogP contribution in [-0.4, -0.2) is 17.6 Å². The normalized spacial score (nSPS) is 12.0. The van der Waals surface area contributed by atoms with Gasteiger partial charge in [0.2, 0.25) is 0 Å². The molecule has 0 fully saturated rings. The van der Waals surface area contributed by atoms with Crippen LogP contribution >= 0.6 is 0 Å². The molecule has 110 valence electrons. The molecule has 2 aromatic rings. The Hall–Kier alpha value is -2.13. The lowest BCUT2D eigenvalue weighted by atomic mass is 10.0. The maximum Gasteiger partial charge on any atom is 0.307 e. The second-order valence-electron chi connectivity index (χ2n) is 5.28. The van der Waals surface area contributed by atoms with Crippen molar-refractivity contribution in [1.29, 1.82) is 0 Å². The van der Waals surface area contributed by atoms with Gasteiger partial charge in [-0.3, -0.25) is 4.79 Å². The molecule has 2 rings (SSSR count). The number of hydrogen-bond acceptors (Lipinski definition) is 2. The summed E-state index contributed by atoms with van der Waals surface area (Å²) in [5.41, 5.74) is 3.24. The molecule has 2 N–H and O–H groups in total. The van der Waals surface area contributed by atoms with E-state index in [1.54, 1.807) is 0 Å². The standard InChI is InChI=1S/C18H21NO2/c1-14(15-7-3-2-4-8-15)12-19-13-17-10-6-5-9-16(17)11-18(20)21/h2-10,14,19H,11-13H2,1H3,(H,20,21). The molecule has 0 saturated heterocycles. The zero-order valence-electron chi connectivity index (χ0n) is 12.3. The summed E-state index contributed by atoms with van der Waals surface area (Å²) in [6.45, 7) is 3.75. The maximum atomic E-state index is 10.9. The molecule has 0 bridgehead atoms. The van der Waals surface area contributed by atoms with Crippen LogP contribution in [0.4, 0.5) is 0 Å². The predicted octanol–water partition coefficient (Wildman–Crippen LogP) is 3.21. The van der Waals surface area contributed by atoms with Crippen molar-refractivity contribution in [2.75, 3.05) is 6.54 Å². The van der Waals surface area contributed by atoms with Crippen LogP contribution in [0.5, 0.6) is 0 Å². The van der Waals surface area contributed by atoms with Crippen LogP contribution in [0, 0.1) is 0 Å². The van der Waals surface area contributed by atoms with Gasteiger partial charge < -0.3 is 10.4 Å². The van der Waals surface area contributed by atoms with E-state index in [1.165, 1.54) is 5.56 Å². The Kier molecular flexibility index (Phi) is 5.52. The van der Waals surface area contributed by atoms with Crippen LogP contribution in [0.3, 0.4) is 0 Å². The van der Waals surface area contributed by atoms with Gasteiger partial charge in [-0.25, -0.2) is 0 Å². The molecule has 0 aromatic heterocycles. The zero-order valence-corrected chi connectivity index (χ0v) is 12.3. The second-order valence-corrected chi connectivity index (χ2v) is 5.28. The van der Waals surface area contributed by atoms with E-state index in [0.29, 0.717) is 12.5 Å². The SMILES string of the molecule is CC(CNCc1ccccc1CC(=O)O)c1ccccc1. The van der Waals surface area contributed by atoms with E-state index in [0.717, 1.165) is 17.7 Å². The fourth-order valence-electron chi connectivity index (χ4n) is 2.39. The maximum absolute atomic E-state index is 10.9. The lowest BCUT2D eigenvalue weighted by molar-refractivity contribution is -0.136. The molecule has 0 heterocycles. The summed E-state index contributed by atoms with van der Waals surface area (Å²) >= 11 is 0. The summed E-state index contributed by atoms with van der Waals surface area (Å²) in [6, 6.07) is 18.1. The molecule has 1 unspecified atom stereocenters. The molecule has 0 radical (unpaired) electrons. The Morgan fingerprint density at radius 2 is 1.67 bits per heavy atom. The van der Waals surface area contributed by atoms with Gasteiger partial charge in [0.1, 0.15) is 0 Å². The van der Waals surface area contributed by atoms with Crippen molar-refractivity contribution in [3.8, 4) is 0 Å². The molecule has 21 heavy (non-hydrogen) atoms. The Balaban J connectivity index is 1.90. The van der Waals surface area contributed by atoms with Gasteiger partial charge in [0.25, 0.3) is 0 Å². The van der Waals surface area contributed by atoms with E-state index in [4.69, 9.17) is 5.11 Å². The molecule has 2 aromatic carbocycles. The van der Waals surface area contributed by atoms with E-state index >= 15 is 0 Å². The Morgan fingerprint density at radius 1 is 1.05 bits per heavy atom. The molecule has 0 aliphatic rings. The van der Waals surface area contributed by atoms with Crippen LogP contribution in [-0.2, 0) is 17.8 Å². The minimum atomic E-state index is -0.792. The first-order valence-corrected chi connectivity index (χ1v) is 7.21. The third-order valence-electron chi connectivity index (χ3n) is 3.59. The fourth-order valence-corrected chi connectivity index (χ4v) is 2.39. The van der Waals surface area contributed by atoms with Crippen molar-refractivity contribution in [2.45, 2.75) is 25.8 Å². The van der Waals surface area contributed by atoms with Crippen molar-refractivity contribution < 1.29 is 9.90 Å². The minimum absolute atomic E-state index is 0.0755. The van der Waals surface area contributed by atoms with Gasteiger partial charge in [0.05, 0.1) is 6.42 Å². The van der Waals surface area contributed by atoms with Gasteiger partial charge in [0, 0.05) is 13.1 Å². The summed E-state index contributed by atoms with van der Waals surface area (Å²) in [4.78, 5) is 10.9. The Morgan fingerprint density at radius 3 is 2.33 bits per heavy atom. The third kappa shape index (κ3) is 4.72. The molecule has 0 aliphatic heterocycles. The molecule has 3 nitrogen and oxygen atoms in total. The number of aliphatic carboxylic acids is 1. The van der Waals surface area contributed by atoms with Gasteiger partial charge in [-0.1, -0.05) is 61.5 Å². The first-order valence-electron chi connectivity index (χ1n) is 7.21. The number of carboxylic acids is 1. The first kappa shape index (κ1) is 15.3. The molecular weight excluding hydrogens is 262 g/mol. The van der Waals surface area contributed by atoms with E-state index < -0.39 is 5.97 Å². The number of rotatable bonds is 7. The van der Waals surface area contributed by atoms with Crippen molar-refractivity contribution in [2.24, 2.45) is 0 Å². The van der Waals surface area contributed by atoms with Crippen LogP contribution < -0.4 is 5.32 Å². The van der Waals surface area contributed by atoms with E-state index in [9.17, 15) is 4.79 Å². The van der Waals surface area contributed by atoms with E-state index in [1.807, 2.05) is 42.5 Å². The van der Waals surface area contributed by atoms with Crippen molar-refractivity contribution >= 4 is 5.97 Å². The van der Waals surface area contributed by atoms with Crippen molar-refractivity contribution in [3.05, 3.63) is 71.3 Å². The summed E-state index contributed by atoms with van der Waals surface area (Å²) in [6.07, 6.45) is 0.0755. The number of hydrogen-bond donors (Lipinski definition) is 2. The summed E-state index contributed by atoms with van der Waals surface area (Å²) < 4.78 is 0. The zero-order chi connectivity index (χ0) is 15.1. The largest absolute Gasteiger partial charge is 0.481 e. The molecular formula is C18H21NO2. The smallest absolute Gasteiger partial charge is 0.307 e. The molecule has 0 saturated carbocycles. The van der Waals surface area contributed by atoms with Gasteiger partial charge >= 0.3 is 5.97 Å². The lowest BCUT2D eigenvalue weighted by Gasteiger charge is -2.14. The molecule has 3 heteroatoms. The number of benzene rings is 2. The van der Waals surface area contributed by atoms with Gasteiger partial charge in [-0.15, -0.1) is 0 Å². The van der Waals surface area contributed by atoms with E-state index in [2.05, 4.69) is 24.4 Å². The quantitative estimate of drug-likeness (QED) is 0.820. The third-order valence-corrected chi connectivity index (χ3v) is 3.59. The lowest BCUT2D eigenvalue weighted by Crippen LogP contribution is -2.20. The predicted molar refractivity (Wildman–Crippen MR) is 84.3 cm³/mol. The van der Waals surface area contributed by atoms with Gasteiger partial charge in [-0.05, 0) is 22.6 Å². The summed E-state index contributed by atoms with van der Waals surface area (Å²) in [5.74, 6) is -0.363. The topological polar surface area (TPSA) is 49.3 Å². The highest BCUT2D eigenvalue weighted by Gasteiger charge is 2.07. The average Bonchev–Trinajstić information content (AvgIpc) is 2.49. The fraction of sp³-hybridized carbons (Fsp3) is 0.278. The summed E-state index contributed by atoms with van der Waals surface area (Å²) in [5, 5.41) is 12.4. The molecule has 0 aliphatic carbocycles. The second kappa shape index (κ2) is 7.60. The summed E-state index contributed by atoms with van der Waals surface area (Å²) in [7, 11) is 0. The van der Waals surface area contributed by atoms with Crippen LogP contribution in [0.25, 0.3) is 0 Å². The monoisotopic (exact) mass is 283 g/mol. The van der Waals surface area contributed by atoms with Gasteiger partial charge in [-0.2, -0.15) is 0 Å². The van der Waals surface area contributed by atoms with Crippen molar-refractivity contribution in [1.82, 2.24) is 5.32 Å². The molecule has 1 atom stereocenters. The highest BCUT2D eigenvalue weighted by Crippen LogP contribution is 2.14. The van der Waals surface area contributed by atoms with Gasteiger partial charge in [0.15, 0.2) is 0 Å². The van der Waals surface area contributed by atoms with Crippen LogP contribution in [0.2, 0.25) is 0 Å². The van der Waals surface area contributed by atoms with Crippen LogP contribution in [0.15, 0.2) is 54.6 Å². The highest BCUT2D eigenvalue weighted by molar-refractivity contribution is 5.70. The number of carboxylic acid groups (broad SMARTS) is 1. The number of carbonyl (C=O) groups is 1. The molecule has 0 spiro atoms. The van der Waals surface area contributed by atoms with Crippen molar-refractivity contribution in [3.63, 3.8) is 0 Å². The Bertz CT molecular complexity index is 581. The van der Waals surface area contributed by atoms with E-state index in [-0.39, 0.29) is 6.42 Å². The first-order chi connectivity index (χ1) is 10.2. The Labute approximate surface area is 125 Å². The molecule has 0 amide bonds. The highest BCUT2D eigenvalue weighted by atomic mass is 16.4. The average molecular weight is 283 g/mol. The number of nitrogens with one attached hydrogen (secondary N) is 1. The minimum Gasteiger partial charge on any atom is -0.481 e.